The van der Waals surface area contributed by atoms with E-state index >= 15 is 0 Å². The average molecular weight is 548 g/mol. The minimum atomic E-state index is -3.24. The molecule has 4 rings (SSSR count). The van der Waals surface area contributed by atoms with Crippen LogP contribution in [0, 0.1) is 0 Å². The van der Waals surface area contributed by atoms with Crippen LogP contribution in [0.25, 0.3) is 0 Å². The predicted molar refractivity (Wildman–Crippen MR) is 120 cm³/mol. The van der Waals surface area contributed by atoms with Gasteiger partial charge in [0.1, 0.15) is 20.6 Å². The zero-order valence-corrected chi connectivity index (χ0v) is 19.7. The molecule has 0 saturated carbocycles. The normalized spacial score (nSPS) is 17.2. The Morgan fingerprint density at radius 1 is 1.38 bits per heavy atom. The Bertz CT molecular complexity index is 1070. The number of ether oxygens (including phenoxy) is 1. The molecule has 8 nitrogen and oxygen atoms in total. The van der Waals surface area contributed by atoms with Crippen LogP contribution in [0.1, 0.15) is 42.0 Å². The van der Waals surface area contributed by atoms with E-state index in [0.29, 0.717) is 23.1 Å². The highest BCUT2D eigenvalue weighted by atomic mass is 127. The second-order valence-electron chi connectivity index (χ2n) is 7.50. The molecule has 1 aliphatic carbocycles. The van der Waals surface area contributed by atoms with Crippen LogP contribution in [0.2, 0.25) is 0 Å². The number of halogens is 1. The summed E-state index contributed by atoms with van der Waals surface area (Å²) < 4.78 is 25.8. The molecule has 2 aromatic rings. The van der Waals surface area contributed by atoms with Crippen molar-refractivity contribution in [3.05, 3.63) is 34.0 Å². The number of aromatic nitrogens is 1. The fourth-order valence-corrected chi connectivity index (χ4v) is 7.26. The second kappa shape index (κ2) is 7.76. The number of nitrogens with one attached hydrogen (secondary N) is 2. The number of thiazole rings is 1. The van der Waals surface area contributed by atoms with Gasteiger partial charge in [0.05, 0.1) is 18.5 Å². The topological polar surface area (TPSA) is 113 Å². The molecule has 0 bridgehead atoms. The van der Waals surface area contributed by atoms with Gasteiger partial charge in [-0.05, 0) is 49.8 Å². The summed E-state index contributed by atoms with van der Waals surface area (Å²) in [4.78, 5) is 16.9. The highest BCUT2D eigenvalue weighted by Crippen LogP contribution is 2.42. The van der Waals surface area contributed by atoms with Crippen molar-refractivity contribution in [2.45, 2.75) is 49.3 Å². The van der Waals surface area contributed by atoms with Gasteiger partial charge in [-0.25, -0.2) is 14.0 Å². The number of hydrogen-bond acceptors (Lipinski definition) is 6. The molecular weight excluding hydrogens is 527 g/mol. The molecular formula is C18H21IN4O4S2. The van der Waals surface area contributed by atoms with Crippen LogP contribution in [0.5, 0.6) is 5.75 Å². The van der Waals surface area contributed by atoms with Gasteiger partial charge in [-0.3, -0.25) is 0 Å². The van der Waals surface area contributed by atoms with E-state index in [1.807, 2.05) is 0 Å². The summed E-state index contributed by atoms with van der Waals surface area (Å²) in [6.45, 7) is 3.77. The minimum Gasteiger partial charge on any atom is -0.491 e. The van der Waals surface area contributed by atoms with Crippen LogP contribution in [0.3, 0.4) is 0 Å². The Kier molecular flexibility index (Phi) is 5.61. The number of nitrogens with zero attached hydrogens (tertiary/aromatic N) is 2. The molecule has 1 atom stereocenters. The van der Waals surface area contributed by atoms with E-state index in [1.165, 1.54) is 11.8 Å². The van der Waals surface area contributed by atoms with Crippen molar-refractivity contribution in [3.8, 4) is 5.75 Å². The lowest BCUT2D eigenvalue weighted by molar-refractivity contribution is 0.0783. The summed E-state index contributed by atoms with van der Waals surface area (Å²) in [6, 6.07) is 1.46. The van der Waals surface area contributed by atoms with Gasteiger partial charge in [-0.15, -0.1) is 15.7 Å². The average Bonchev–Trinajstić information content (AvgIpc) is 3.40. The first kappa shape index (κ1) is 21.0. The van der Waals surface area contributed by atoms with E-state index in [2.05, 4.69) is 23.7 Å². The second-order valence-corrected chi connectivity index (χ2v) is 11.9. The molecule has 156 valence electrons. The van der Waals surface area contributed by atoms with Crippen LogP contribution in [0.4, 0.5) is 10.5 Å². The Morgan fingerprint density at radius 3 is 2.86 bits per heavy atom. The SMILES string of the molecule is CC(C)(O)c1ncc(S(=O)(=NC(=O)Nc2c3c(cc4c2OCC4)CCC3)NI)s1. The van der Waals surface area contributed by atoms with Crippen molar-refractivity contribution >= 4 is 55.8 Å². The fraction of sp³-hybridized carbons (Fsp3) is 0.444. The molecule has 3 N–H and O–H groups in total. The summed E-state index contributed by atoms with van der Waals surface area (Å²) in [5.41, 5.74) is 2.88. The fourth-order valence-electron chi connectivity index (χ4n) is 3.55. The number of anilines is 1. The van der Waals surface area contributed by atoms with Crippen LogP contribution in [0.15, 0.2) is 20.8 Å². The molecule has 29 heavy (non-hydrogen) atoms. The highest BCUT2D eigenvalue weighted by molar-refractivity contribution is 14.1. The molecule has 0 radical (unpaired) electrons. The van der Waals surface area contributed by atoms with E-state index in [4.69, 9.17) is 4.74 Å². The largest absolute Gasteiger partial charge is 0.491 e. The Balaban J connectivity index is 1.68. The Morgan fingerprint density at radius 2 is 2.17 bits per heavy atom. The third kappa shape index (κ3) is 4.02. The van der Waals surface area contributed by atoms with Gasteiger partial charge < -0.3 is 15.2 Å². The number of fused-ring (bicyclic) bond motifs is 2. The van der Waals surface area contributed by atoms with Gasteiger partial charge in [-0.2, -0.15) is 2.94 Å². The van der Waals surface area contributed by atoms with Crippen molar-refractivity contribution in [1.29, 1.82) is 0 Å². The molecule has 1 aromatic carbocycles. The molecule has 1 aliphatic heterocycles. The molecule has 2 amide bonds. The monoisotopic (exact) mass is 548 g/mol. The summed E-state index contributed by atoms with van der Waals surface area (Å²) in [6.07, 6.45) is 5.07. The predicted octanol–water partition coefficient (Wildman–Crippen LogP) is 3.71. The summed E-state index contributed by atoms with van der Waals surface area (Å²) in [5.74, 6) is 0.699. The first-order valence-corrected chi connectivity index (χ1v) is 12.6. The van der Waals surface area contributed by atoms with Crippen molar-refractivity contribution in [2.24, 2.45) is 4.36 Å². The van der Waals surface area contributed by atoms with Gasteiger partial charge in [0.25, 0.3) is 0 Å². The zero-order chi connectivity index (χ0) is 20.8. The van der Waals surface area contributed by atoms with Crippen LogP contribution >= 0.6 is 34.2 Å². The van der Waals surface area contributed by atoms with E-state index < -0.39 is 21.5 Å². The molecule has 0 fully saturated rings. The van der Waals surface area contributed by atoms with Crippen molar-refractivity contribution in [2.75, 3.05) is 11.9 Å². The molecule has 1 aromatic heterocycles. The summed E-state index contributed by atoms with van der Waals surface area (Å²) >= 11 is 2.77. The molecule has 11 heteroatoms. The van der Waals surface area contributed by atoms with Crippen LogP contribution in [-0.4, -0.2) is 26.9 Å². The van der Waals surface area contributed by atoms with E-state index in [1.54, 1.807) is 36.7 Å². The highest BCUT2D eigenvalue weighted by Gasteiger charge is 2.28. The lowest BCUT2D eigenvalue weighted by Crippen LogP contribution is -2.18. The summed E-state index contributed by atoms with van der Waals surface area (Å²) in [5, 5.41) is 13.3. The zero-order valence-electron chi connectivity index (χ0n) is 16.0. The maximum Gasteiger partial charge on any atom is 0.355 e. The third-order valence-electron chi connectivity index (χ3n) is 4.88. The number of aliphatic hydroxyl groups is 1. The molecule has 0 saturated heterocycles. The van der Waals surface area contributed by atoms with E-state index in [0.717, 1.165) is 48.1 Å². The van der Waals surface area contributed by atoms with Crippen molar-refractivity contribution < 1.29 is 18.8 Å². The lowest BCUT2D eigenvalue weighted by Gasteiger charge is -2.14. The Labute approximate surface area is 187 Å². The molecule has 1 unspecified atom stereocenters. The van der Waals surface area contributed by atoms with Gasteiger partial charge >= 0.3 is 6.03 Å². The number of carbonyl (C=O) groups excluding carboxylic acids is 1. The quantitative estimate of drug-likeness (QED) is 0.399. The van der Waals surface area contributed by atoms with E-state index in [-0.39, 0.29) is 4.21 Å². The Hall–Kier alpha value is -1.28. The number of amides is 2. The van der Waals surface area contributed by atoms with Gasteiger partial charge in [0.15, 0.2) is 9.92 Å². The first-order chi connectivity index (χ1) is 13.7. The number of carbonyl (C=O) groups is 1. The minimum absolute atomic E-state index is 0.277. The molecule has 0 spiro atoms. The summed E-state index contributed by atoms with van der Waals surface area (Å²) in [7, 11) is -3.24. The van der Waals surface area contributed by atoms with E-state index in [9.17, 15) is 14.1 Å². The first-order valence-electron chi connectivity index (χ1n) is 9.16. The van der Waals surface area contributed by atoms with Crippen LogP contribution < -0.4 is 13.0 Å². The van der Waals surface area contributed by atoms with Crippen LogP contribution in [-0.2, 0) is 34.8 Å². The maximum atomic E-state index is 13.3. The molecule has 2 aliphatic rings. The number of rotatable bonds is 4. The third-order valence-corrected chi connectivity index (χ3v) is 9.98. The maximum absolute atomic E-state index is 13.3. The van der Waals surface area contributed by atoms with Gasteiger partial charge in [0, 0.05) is 29.3 Å². The number of urea groups is 1. The van der Waals surface area contributed by atoms with Crippen molar-refractivity contribution in [3.63, 3.8) is 0 Å². The standard InChI is InChI=1S/C18H21IN4O4S2/c1-18(2,25)16-20-9-13(28-16)29(26,23-19)22-17(24)21-14-12-5-3-4-10(12)8-11-6-7-27-15(11)14/h8-9,25H,3-7H2,1-2H3,(H2,21,22,23,24,26). The smallest absolute Gasteiger partial charge is 0.355 e. The van der Waals surface area contributed by atoms with Crippen molar-refractivity contribution in [1.82, 2.24) is 7.92 Å². The van der Waals surface area contributed by atoms with Gasteiger partial charge in [0.2, 0.25) is 0 Å². The number of hydrogen-bond donors (Lipinski definition) is 3. The number of benzene rings is 1. The van der Waals surface area contributed by atoms with Gasteiger partial charge in [-0.1, -0.05) is 6.07 Å². The molecule has 2 heterocycles. The number of aryl methyl sites for hydroxylation is 1. The lowest BCUT2D eigenvalue weighted by atomic mass is 10.0.